The van der Waals surface area contributed by atoms with Crippen LogP contribution in [0.2, 0.25) is 0 Å². The highest BCUT2D eigenvalue weighted by Gasteiger charge is 2.24. The molecular weight excluding hydrogens is 1520 g/mol. The van der Waals surface area contributed by atoms with Gasteiger partial charge >= 0.3 is 0 Å². The Bertz CT molecular complexity index is 2920. The molecule has 5 aromatic carbocycles. The third-order valence-corrected chi connectivity index (χ3v) is 25.5. The molecule has 0 atom stereocenters. The maximum absolute atomic E-state index is 5.10. The predicted octanol–water partition coefficient (Wildman–Crippen LogP) is 34.6. The Morgan fingerprint density at radius 3 is 0.452 bits per heavy atom. The molecule has 635 valence electrons. The molecule has 0 N–H and O–H groups in total. The van der Waals surface area contributed by atoms with Gasteiger partial charge < -0.3 is 0 Å². The van der Waals surface area contributed by atoms with E-state index in [4.69, 9.17) is 63.1 Å². The molecule has 0 nitrogen and oxygen atoms in total. The summed E-state index contributed by atoms with van der Waals surface area (Å²) in [6.07, 6.45) is 69.4. The normalized spacial score (nSPS) is 20.2. The number of hydrogen-bond donors (Lipinski definition) is 0. The lowest BCUT2D eigenvalue weighted by Crippen LogP contribution is -2.13. The molecule has 0 amide bonds. The summed E-state index contributed by atoms with van der Waals surface area (Å²) < 4.78 is 0. The van der Waals surface area contributed by atoms with E-state index in [1.165, 1.54) is 321 Å². The van der Waals surface area contributed by atoms with Crippen LogP contribution in [0.5, 0.6) is 0 Å². The summed E-state index contributed by atoms with van der Waals surface area (Å²) in [5, 5.41) is 0. The smallest absolute Gasteiger partial charge is 0.0377 e. The van der Waals surface area contributed by atoms with Crippen molar-refractivity contribution in [2.45, 2.75) is 380 Å². The van der Waals surface area contributed by atoms with Crippen molar-refractivity contribution in [3.8, 4) is 59.2 Å². The zero-order valence-corrected chi connectivity index (χ0v) is 75.8. The highest BCUT2D eigenvalue weighted by Crippen LogP contribution is 2.37. The van der Waals surface area contributed by atoms with E-state index in [0.29, 0.717) is 29.6 Å². The van der Waals surface area contributed by atoms with Gasteiger partial charge in [0, 0.05) is 81.9 Å². The lowest BCUT2D eigenvalue weighted by Gasteiger charge is -2.25. The van der Waals surface area contributed by atoms with Gasteiger partial charge in [-0.25, -0.2) is 0 Å². The van der Waals surface area contributed by atoms with Gasteiger partial charge in [-0.2, -0.15) is 0 Å². The maximum Gasteiger partial charge on any atom is 0.0377 e. The Balaban J connectivity index is 0.000000711. The van der Waals surface area contributed by atoms with Crippen LogP contribution in [0.15, 0.2) is 146 Å². The number of unbranched alkanes of at least 4 members (excludes halogenated alkanes) is 20. The van der Waals surface area contributed by atoms with E-state index >= 15 is 0 Å². The Labute approximate surface area is 728 Å². The fourth-order valence-corrected chi connectivity index (χ4v) is 17.5. The SMILES string of the molecule is CCCCCCC[C@H]1CC[C@H](C#Cc2ccc([S])cc2)CC1.CCCCCCC[C@H]1CC[C@H](C#Cc2ccc([S])cc2)CC1.CCCCCCC[C@H]1CC[C@H](C#Cc2ccc([S])cc2)CC1.CCCCCCC[C@H]1CC[C@H](C#Cc2ccc([S])cc2)CC1.CCCCCCC[C@H]1CC[C@H](C#Cc2ccc([S])cc2)CC1.F.F.F.F.F. The lowest BCUT2D eigenvalue weighted by atomic mass is 9.80. The zero-order chi connectivity index (χ0) is 78.1. The van der Waals surface area contributed by atoms with E-state index in [2.05, 4.69) is 93.8 Å². The van der Waals surface area contributed by atoms with Gasteiger partial charge in [0.05, 0.1) is 0 Å². The summed E-state index contributed by atoms with van der Waals surface area (Å²) in [4.78, 5) is 4.47. The second-order valence-electron chi connectivity index (χ2n) is 33.6. The third kappa shape index (κ3) is 51.7. The van der Waals surface area contributed by atoms with Gasteiger partial charge in [0.25, 0.3) is 0 Å². The van der Waals surface area contributed by atoms with Gasteiger partial charge in [-0.05, 0) is 279 Å². The van der Waals surface area contributed by atoms with Gasteiger partial charge in [0.1, 0.15) is 0 Å². The maximum atomic E-state index is 5.10. The highest BCUT2D eigenvalue weighted by atomic mass is 32.1. The molecule has 5 aliphatic carbocycles. The Hall–Kier alpha value is -5.35. The van der Waals surface area contributed by atoms with Crippen LogP contribution in [-0.2, 0) is 0 Å². The van der Waals surface area contributed by atoms with E-state index in [9.17, 15) is 0 Å². The van der Waals surface area contributed by atoms with Crippen molar-refractivity contribution in [1.29, 1.82) is 0 Å². The first kappa shape index (κ1) is 108. The van der Waals surface area contributed by atoms with Crippen LogP contribution in [-0.4, -0.2) is 0 Å². The molecule has 10 rings (SSSR count). The van der Waals surface area contributed by atoms with Crippen molar-refractivity contribution >= 4 is 63.1 Å². The average molecular weight is 1670 g/mol. The van der Waals surface area contributed by atoms with Crippen LogP contribution in [0, 0.1) is 118 Å². The number of hydrogen-bond acceptors (Lipinski definition) is 0. The first-order valence-electron chi connectivity index (χ1n) is 45.3. The Morgan fingerprint density at radius 1 is 0.191 bits per heavy atom. The quantitative estimate of drug-likeness (QED) is 0.0244. The highest BCUT2D eigenvalue weighted by molar-refractivity contribution is 7.81. The molecule has 0 aliphatic heterocycles. The second-order valence-corrected chi connectivity index (χ2v) is 35.9. The second kappa shape index (κ2) is 69.4. The monoisotopic (exact) mass is 1670 g/mol. The van der Waals surface area contributed by atoms with E-state index < -0.39 is 0 Å². The van der Waals surface area contributed by atoms with Crippen molar-refractivity contribution < 1.29 is 23.5 Å². The van der Waals surface area contributed by atoms with E-state index in [0.717, 1.165) is 81.9 Å². The first-order chi connectivity index (χ1) is 53.9. The molecule has 0 bridgehead atoms. The molecule has 5 fully saturated rings. The molecule has 5 aromatic rings. The summed E-state index contributed by atoms with van der Waals surface area (Å²) in [5.41, 5.74) is 5.52. The summed E-state index contributed by atoms with van der Waals surface area (Å²) in [6.45, 7) is 11.4. The van der Waals surface area contributed by atoms with Crippen LogP contribution < -0.4 is 0 Å². The van der Waals surface area contributed by atoms with Gasteiger partial charge in [0.15, 0.2) is 0 Å². The summed E-state index contributed by atoms with van der Waals surface area (Å²) >= 11 is 25.5. The van der Waals surface area contributed by atoms with Crippen LogP contribution in [0.1, 0.15) is 383 Å². The molecule has 5 radical (unpaired) electrons. The van der Waals surface area contributed by atoms with Crippen molar-refractivity contribution in [2.24, 2.45) is 59.2 Å². The standard InChI is InChI=1S/5C21H29S.5FH/c5*1-2-3-4-5-6-7-18-8-10-19(11-9-18)12-13-20-14-16-21(22)17-15-20;;;;;/h5*14-19H,2-11H2,1H3;5*1H/t5*18-,19-;;;;;. The minimum atomic E-state index is 0. The van der Waals surface area contributed by atoms with Crippen molar-refractivity contribution in [3.63, 3.8) is 0 Å². The molecule has 0 heterocycles. The topological polar surface area (TPSA) is 0 Å². The minimum Gasteiger partial charge on any atom is -0.269 e. The van der Waals surface area contributed by atoms with E-state index in [1.807, 2.05) is 121 Å². The van der Waals surface area contributed by atoms with Gasteiger partial charge in [0.2, 0.25) is 0 Å². The van der Waals surface area contributed by atoms with Crippen LogP contribution in [0.4, 0.5) is 23.5 Å². The first-order valence-corrected chi connectivity index (χ1v) is 47.4. The molecule has 0 spiro atoms. The predicted molar refractivity (Wildman–Crippen MR) is 503 cm³/mol. The molecule has 5 saturated carbocycles. The van der Waals surface area contributed by atoms with Crippen molar-refractivity contribution in [3.05, 3.63) is 149 Å². The number of halogens is 5. The number of benzene rings is 5. The van der Waals surface area contributed by atoms with E-state index in [-0.39, 0.29) is 23.5 Å². The average Bonchev–Trinajstić information content (AvgIpc) is 0.912. The molecule has 10 heteroatoms. The largest absolute Gasteiger partial charge is 0.269 e. The summed E-state index contributed by atoms with van der Waals surface area (Å²) in [5.74, 6) is 41.9. The molecule has 115 heavy (non-hydrogen) atoms. The molecular formula is C105H150F5S5. The summed E-state index contributed by atoms with van der Waals surface area (Å²) in [7, 11) is 0. The number of rotatable bonds is 30. The van der Waals surface area contributed by atoms with Gasteiger partial charge in [-0.1, -0.05) is 350 Å². The van der Waals surface area contributed by atoms with Crippen molar-refractivity contribution in [2.75, 3.05) is 0 Å². The van der Waals surface area contributed by atoms with Crippen molar-refractivity contribution in [1.82, 2.24) is 0 Å². The molecule has 0 aromatic heterocycles. The van der Waals surface area contributed by atoms with Gasteiger partial charge in [-0.3, -0.25) is 23.5 Å². The summed E-state index contributed by atoms with van der Waals surface area (Å²) in [6, 6.07) is 40.1. The van der Waals surface area contributed by atoms with Gasteiger partial charge in [-0.15, -0.1) is 0 Å². The van der Waals surface area contributed by atoms with Crippen LogP contribution in [0.3, 0.4) is 0 Å². The molecule has 5 aliphatic rings. The Morgan fingerprint density at radius 2 is 0.322 bits per heavy atom. The van der Waals surface area contributed by atoms with Crippen LogP contribution >= 0.6 is 63.1 Å². The molecule has 0 saturated heterocycles. The minimum absolute atomic E-state index is 0. The lowest BCUT2D eigenvalue weighted by molar-refractivity contribution is 0.294. The van der Waals surface area contributed by atoms with E-state index in [1.54, 1.807) is 0 Å². The Kier molecular flexibility index (Phi) is 65.0. The molecule has 0 unspecified atom stereocenters. The zero-order valence-electron chi connectivity index (χ0n) is 71.8. The fourth-order valence-electron chi connectivity index (χ4n) is 16.8. The fraction of sp³-hybridized carbons (Fsp3) is 0.619. The van der Waals surface area contributed by atoms with Crippen LogP contribution in [0.25, 0.3) is 0 Å². The third-order valence-electron chi connectivity index (χ3n) is 24.2.